The van der Waals surface area contributed by atoms with E-state index in [1.165, 1.54) is 0 Å². The van der Waals surface area contributed by atoms with Crippen molar-refractivity contribution < 1.29 is 15.4 Å². The summed E-state index contributed by atoms with van der Waals surface area (Å²) in [5, 5.41) is 0. The monoisotopic (exact) mass is 674 g/mol. The summed E-state index contributed by atoms with van der Waals surface area (Å²) < 4.78 is 0. The summed E-state index contributed by atoms with van der Waals surface area (Å²) in [6.07, 6.45) is 2.01. The van der Waals surface area contributed by atoms with Gasteiger partial charge >= 0.3 is 49.7 Å². The first-order valence-electron chi connectivity index (χ1n) is 5.88. The molecule has 0 radical (unpaired) electrons. The van der Waals surface area contributed by atoms with Crippen LogP contribution in [0.4, 0.5) is 0 Å². The molecule has 0 saturated carbocycles. The molecule has 18 heavy (non-hydrogen) atoms. The molecule has 1 aromatic carbocycles. The van der Waals surface area contributed by atoms with E-state index in [9.17, 15) is 4.89 Å². The Morgan fingerprint density at radius 2 is 1.39 bits per heavy atom. The minimum Gasteiger partial charge on any atom is -0.214 e. The molecule has 110 valence electrons. The Hall–Kier alpha value is 1.85. The van der Waals surface area contributed by atoms with E-state index in [-0.39, 0.29) is 0 Å². The van der Waals surface area contributed by atoms with Gasteiger partial charge in [0, 0.05) is 8.15 Å². The summed E-state index contributed by atoms with van der Waals surface area (Å²) in [6.45, 7) is 8.63. The molecule has 1 nitrogen and oxygen atoms in total. The van der Waals surface area contributed by atoms with Crippen LogP contribution in [0.1, 0.15) is 27.7 Å². The Kier molecular flexibility index (Phi) is 20.8. The maximum Gasteiger partial charge on any atom is -0.172 e. The Balaban J connectivity index is 0. The van der Waals surface area contributed by atoms with Crippen molar-refractivity contribution in [2.24, 2.45) is 11.8 Å². The van der Waals surface area contributed by atoms with Crippen LogP contribution in [0, 0.1) is 11.8 Å². The molecule has 0 amide bonds. The van der Waals surface area contributed by atoms with E-state index in [0.717, 1.165) is 12.3 Å². The van der Waals surface area contributed by atoms with E-state index in [4.69, 9.17) is 0 Å². The molecule has 0 aliphatic rings. The third-order valence-electron chi connectivity index (χ3n) is 1.71. The van der Waals surface area contributed by atoms with Gasteiger partial charge in [0.2, 0.25) is 0 Å². The van der Waals surface area contributed by atoms with Gasteiger partial charge in [-0.25, -0.2) is 12.1 Å². The Labute approximate surface area is 143 Å². The summed E-state index contributed by atoms with van der Waals surface area (Å²) in [6, 6.07) is 10.0. The number of rotatable bonds is 4. The zero-order chi connectivity index (χ0) is 14.4. The maximum absolute atomic E-state index is 9.45. The average Bonchev–Trinajstić information content (AvgIpc) is 2.72. The summed E-state index contributed by atoms with van der Waals surface area (Å²) in [5.74, 6) is 1.30. The van der Waals surface area contributed by atoms with Crippen molar-refractivity contribution in [2.75, 3.05) is 12.3 Å². The van der Waals surface area contributed by atoms with Crippen LogP contribution in [0.15, 0.2) is 30.3 Å². The largest absolute Gasteiger partial charge is 0.214 e. The normalized spacial score (nSPS) is 10.1. The molecule has 0 heterocycles. The Morgan fingerprint density at radius 1 is 1.06 bits per heavy atom. The molecule has 5 heteroatoms. The minimum absolute atomic E-state index is 0.440. The molecule has 0 aromatic heterocycles. The molecule has 0 unspecified atom stereocenters. The van der Waals surface area contributed by atoms with Gasteiger partial charge in [-0.2, -0.15) is 18.2 Å². The molecule has 0 saturated heterocycles. The summed E-state index contributed by atoms with van der Waals surface area (Å²) >= 11 is 4.80. The molecule has 0 aliphatic carbocycles. The van der Waals surface area contributed by atoms with E-state index in [1.807, 2.05) is 30.3 Å². The van der Waals surface area contributed by atoms with E-state index in [1.54, 1.807) is 0 Å². The van der Waals surface area contributed by atoms with Crippen LogP contribution < -0.4 is 0 Å². The van der Waals surface area contributed by atoms with Gasteiger partial charge in [-0.1, -0.05) is 27.7 Å². The van der Waals surface area contributed by atoms with Gasteiger partial charge in [0.15, 0.2) is 0 Å². The first-order chi connectivity index (χ1) is 8.43. The first kappa shape index (κ1) is 22.1. The van der Waals surface area contributed by atoms with Gasteiger partial charge in [-0.15, -0.1) is 0 Å². The van der Waals surface area contributed by atoms with Gasteiger partial charge < -0.3 is 4.89 Å². The number of halogens is 2. The smallest absolute Gasteiger partial charge is 0.172 e. The second kappa shape index (κ2) is 16.9. The molecule has 1 N–H and O–H groups in total. The van der Waals surface area contributed by atoms with Crippen LogP contribution in [0.3, 0.4) is 0 Å². The van der Waals surface area contributed by atoms with Crippen molar-refractivity contribution >= 4 is 47.3 Å². The van der Waals surface area contributed by atoms with E-state index >= 15 is 0 Å². The second-order valence-electron chi connectivity index (χ2n) is 4.67. The fourth-order valence-electron chi connectivity index (χ4n) is 1.24. The van der Waals surface area contributed by atoms with Crippen molar-refractivity contribution in [3.8, 4) is 0 Å². The summed E-state index contributed by atoms with van der Waals surface area (Å²) in [5.41, 5.74) is 0. The topological polar surface area (TPSA) is 20.2 Å². The zero-order valence-corrected chi connectivity index (χ0v) is 19.0. The van der Waals surface area contributed by atoms with Gasteiger partial charge in [0.05, 0.1) is 0 Å². The van der Waals surface area contributed by atoms with Crippen LogP contribution in [-0.4, -0.2) is 17.2 Å². The second-order valence-corrected chi connectivity index (χ2v) is 23.9. The average molecular weight is 673 g/mol. The van der Waals surface area contributed by atoms with Crippen LogP contribution in [0.2, 0.25) is 0 Å². The molecule has 0 atom stereocenters. The molecule has 0 spiro atoms. The van der Waals surface area contributed by atoms with Gasteiger partial charge in [-0.05, 0) is 24.2 Å². The van der Waals surface area contributed by atoms with Crippen molar-refractivity contribution in [3.63, 3.8) is 0 Å². The van der Waals surface area contributed by atoms with E-state index in [2.05, 4.69) is 66.9 Å². The number of hydrogen-bond donors (Lipinski definition) is 1. The summed E-state index contributed by atoms with van der Waals surface area (Å²) in [7, 11) is -0.219. The quantitative estimate of drug-likeness (QED) is 0.242. The van der Waals surface area contributed by atoms with E-state index < -0.39 is 8.15 Å². The zero-order valence-electron chi connectivity index (χ0n) is 11.4. The molecular formula is C13H24I2IrOP. The van der Waals surface area contributed by atoms with E-state index in [0.29, 0.717) is 22.4 Å². The minimum atomic E-state index is -0.659. The van der Waals surface area contributed by atoms with Crippen molar-refractivity contribution in [3.05, 3.63) is 30.3 Å². The fourth-order valence-corrected chi connectivity index (χ4v) is 3.07. The van der Waals surface area contributed by atoms with Crippen molar-refractivity contribution in [1.82, 2.24) is 0 Å². The third-order valence-corrected chi connectivity index (χ3v) is 4.01. The van der Waals surface area contributed by atoms with Crippen molar-refractivity contribution in [2.45, 2.75) is 27.7 Å². The van der Waals surface area contributed by atoms with Gasteiger partial charge in [0.1, 0.15) is 0 Å². The van der Waals surface area contributed by atoms with Gasteiger partial charge in [0.25, 0.3) is 0 Å². The fraction of sp³-hybridized carbons (Fsp3) is 0.615. The number of hydrogen-bond acceptors (Lipinski definition) is 1. The molecule has 1 aromatic rings. The predicted octanol–water partition coefficient (Wildman–Crippen LogP) is 5.86. The SMILES string of the molecule is CC(C)CP(O)CC(C)C.[I][Ir+][I].c1cc[cH-]c1. The Bertz CT molecular complexity index is 204. The molecule has 0 fully saturated rings. The molecule has 1 rings (SSSR count). The van der Waals surface area contributed by atoms with Crippen molar-refractivity contribution in [1.29, 1.82) is 0 Å². The molecular weight excluding hydrogens is 649 g/mol. The third kappa shape index (κ3) is 23.0. The predicted molar refractivity (Wildman–Crippen MR) is 98.6 cm³/mol. The van der Waals surface area contributed by atoms with Crippen LogP contribution in [-0.2, 0) is 10.5 Å². The molecule has 0 bridgehead atoms. The van der Waals surface area contributed by atoms with Gasteiger partial charge in [-0.3, -0.25) is 0 Å². The van der Waals surface area contributed by atoms with Crippen LogP contribution in [0.25, 0.3) is 0 Å². The summed E-state index contributed by atoms with van der Waals surface area (Å²) in [4.78, 5) is 9.45. The maximum atomic E-state index is 9.45. The van der Waals surface area contributed by atoms with Crippen LogP contribution in [0.5, 0.6) is 0 Å². The molecule has 0 aliphatic heterocycles. The Morgan fingerprint density at radius 3 is 1.56 bits per heavy atom. The van der Waals surface area contributed by atoms with Crippen LogP contribution >= 0.6 is 47.3 Å². The standard InChI is InChI=1S/C8H19OP.C5H5.2HI.Ir/c1-7(2)5-10(9)6-8(3)4;1-2-4-5-3-1;;;/h7-9H,5-6H2,1-4H3;1-5H;2*1H;/q;-1;;;+3/p-2. The first-order valence-corrected chi connectivity index (χ1v) is 21.1.